The molecule has 6 nitrogen and oxygen atoms in total. The molecule has 1 saturated heterocycles. The predicted octanol–water partition coefficient (Wildman–Crippen LogP) is 2.39. The quantitative estimate of drug-likeness (QED) is 0.881. The van der Waals surface area contributed by atoms with E-state index in [4.69, 9.17) is 16.9 Å². The number of rotatable bonds is 2. The minimum atomic E-state index is 0.0491. The molecule has 4 rings (SSSR count). The Kier molecular flexibility index (Phi) is 4.56. The number of nitrogens with one attached hydrogen (secondary N) is 1. The van der Waals surface area contributed by atoms with Crippen molar-refractivity contribution in [1.82, 2.24) is 15.1 Å². The lowest BCUT2D eigenvalue weighted by molar-refractivity contribution is -0.136. The summed E-state index contributed by atoms with van der Waals surface area (Å²) >= 11 is 6.32. The van der Waals surface area contributed by atoms with Crippen molar-refractivity contribution in [2.75, 3.05) is 31.1 Å². The zero-order valence-electron chi connectivity index (χ0n) is 14.4. The van der Waals surface area contributed by atoms with Crippen LogP contribution in [0.1, 0.15) is 23.2 Å². The SMILES string of the molecule is N#Cc1ccc(N2CCN(C(=O)C3CCc4cn[nH]c4C3)CC2)c(Cl)c1. The number of H-pyrrole nitrogens is 1. The van der Waals surface area contributed by atoms with Crippen LogP contribution >= 0.6 is 11.6 Å². The van der Waals surface area contributed by atoms with Gasteiger partial charge in [-0.1, -0.05) is 11.6 Å². The number of hydrogen-bond donors (Lipinski definition) is 1. The number of amides is 1. The molecule has 0 saturated carbocycles. The van der Waals surface area contributed by atoms with Gasteiger partial charge in [0.25, 0.3) is 0 Å². The van der Waals surface area contributed by atoms with Crippen molar-refractivity contribution in [3.8, 4) is 6.07 Å². The average Bonchev–Trinajstić information content (AvgIpc) is 3.15. The first kappa shape index (κ1) is 16.9. The number of anilines is 1. The van der Waals surface area contributed by atoms with Gasteiger partial charge in [0.15, 0.2) is 0 Å². The van der Waals surface area contributed by atoms with E-state index in [1.54, 1.807) is 12.1 Å². The molecule has 1 fully saturated rings. The summed E-state index contributed by atoms with van der Waals surface area (Å²) in [5.41, 5.74) is 3.84. The number of carbonyl (C=O) groups excluding carboxylic acids is 1. The van der Waals surface area contributed by atoms with Crippen LogP contribution in [-0.2, 0) is 17.6 Å². The normalized spacial score (nSPS) is 19.8. The van der Waals surface area contributed by atoms with Crippen molar-refractivity contribution in [1.29, 1.82) is 5.26 Å². The predicted molar refractivity (Wildman–Crippen MR) is 99.1 cm³/mol. The highest BCUT2D eigenvalue weighted by Gasteiger charge is 2.31. The Balaban J connectivity index is 1.38. The summed E-state index contributed by atoms with van der Waals surface area (Å²) in [5, 5.41) is 16.7. The highest BCUT2D eigenvalue weighted by molar-refractivity contribution is 6.33. The molecule has 1 aromatic carbocycles. The molecule has 1 amide bonds. The molecule has 1 aliphatic heterocycles. The first-order valence-corrected chi connectivity index (χ1v) is 9.28. The van der Waals surface area contributed by atoms with Gasteiger partial charge in [-0.2, -0.15) is 10.4 Å². The van der Waals surface area contributed by atoms with Crippen LogP contribution in [0, 0.1) is 17.2 Å². The van der Waals surface area contributed by atoms with Crippen LogP contribution in [0.15, 0.2) is 24.4 Å². The summed E-state index contributed by atoms with van der Waals surface area (Å²) in [6.45, 7) is 2.89. The lowest BCUT2D eigenvalue weighted by atomic mass is 9.87. The van der Waals surface area contributed by atoms with Gasteiger partial charge >= 0.3 is 0 Å². The molecule has 2 aliphatic rings. The minimum absolute atomic E-state index is 0.0491. The number of hydrogen-bond acceptors (Lipinski definition) is 4. The molecule has 26 heavy (non-hydrogen) atoms. The van der Waals surface area contributed by atoms with Crippen molar-refractivity contribution >= 4 is 23.2 Å². The molecule has 0 bridgehead atoms. The molecule has 2 aromatic rings. The molecule has 2 heterocycles. The molecular weight excluding hydrogens is 350 g/mol. The number of halogens is 1. The third-order valence-electron chi connectivity index (χ3n) is 5.38. The highest BCUT2D eigenvalue weighted by Crippen LogP contribution is 2.29. The van der Waals surface area contributed by atoms with E-state index in [1.165, 1.54) is 5.56 Å². The molecule has 134 valence electrons. The minimum Gasteiger partial charge on any atom is -0.367 e. The van der Waals surface area contributed by atoms with Crippen LogP contribution in [0.3, 0.4) is 0 Å². The smallest absolute Gasteiger partial charge is 0.226 e. The fourth-order valence-corrected chi connectivity index (χ4v) is 4.18. The molecule has 1 unspecified atom stereocenters. The summed E-state index contributed by atoms with van der Waals surface area (Å²) in [4.78, 5) is 17.0. The maximum Gasteiger partial charge on any atom is 0.226 e. The van der Waals surface area contributed by atoms with Crippen LogP contribution in [-0.4, -0.2) is 47.2 Å². The Morgan fingerprint density at radius 1 is 1.31 bits per heavy atom. The summed E-state index contributed by atoms with van der Waals surface area (Å²) < 4.78 is 0. The van der Waals surface area contributed by atoms with E-state index in [2.05, 4.69) is 21.2 Å². The summed E-state index contributed by atoms with van der Waals surface area (Å²) in [6.07, 6.45) is 4.45. The molecular formula is C19H20ClN5O. The first-order valence-electron chi connectivity index (χ1n) is 8.90. The van der Waals surface area contributed by atoms with Crippen LogP contribution < -0.4 is 4.90 Å². The van der Waals surface area contributed by atoms with Gasteiger partial charge in [-0.3, -0.25) is 9.89 Å². The number of aromatic nitrogens is 2. The van der Waals surface area contributed by atoms with Crippen molar-refractivity contribution in [2.24, 2.45) is 5.92 Å². The van der Waals surface area contributed by atoms with Crippen molar-refractivity contribution in [3.05, 3.63) is 46.2 Å². The molecule has 0 spiro atoms. The van der Waals surface area contributed by atoms with E-state index in [9.17, 15) is 4.79 Å². The van der Waals surface area contributed by atoms with Crippen molar-refractivity contribution in [2.45, 2.75) is 19.3 Å². The fraction of sp³-hybridized carbons (Fsp3) is 0.421. The summed E-state index contributed by atoms with van der Waals surface area (Å²) in [5.74, 6) is 0.295. The second-order valence-electron chi connectivity index (χ2n) is 6.90. The monoisotopic (exact) mass is 369 g/mol. The van der Waals surface area contributed by atoms with E-state index in [-0.39, 0.29) is 11.8 Å². The second-order valence-corrected chi connectivity index (χ2v) is 7.31. The maximum absolute atomic E-state index is 12.9. The van der Waals surface area contributed by atoms with Crippen LogP contribution in [0.2, 0.25) is 5.02 Å². The second kappa shape index (κ2) is 7.00. The number of benzene rings is 1. The van der Waals surface area contributed by atoms with Gasteiger partial charge in [-0.25, -0.2) is 0 Å². The Labute approximate surface area is 157 Å². The molecule has 1 N–H and O–H groups in total. The Bertz CT molecular complexity index is 863. The Morgan fingerprint density at radius 2 is 2.12 bits per heavy atom. The van der Waals surface area contributed by atoms with Gasteiger partial charge < -0.3 is 9.80 Å². The summed E-state index contributed by atoms with van der Waals surface area (Å²) in [6, 6.07) is 7.46. The number of aromatic amines is 1. The van der Waals surface area contributed by atoms with E-state index in [1.807, 2.05) is 17.2 Å². The number of piperazine rings is 1. The van der Waals surface area contributed by atoms with Crippen molar-refractivity contribution < 1.29 is 4.79 Å². The van der Waals surface area contributed by atoms with E-state index in [0.29, 0.717) is 23.7 Å². The van der Waals surface area contributed by atoms with Gasteiger partial charge in [0.1, 0.15) is 0 Å². The van der Waals surface area contributed by atoms with E-state index < -0.39 is 0 Å². The number of aryl methyl sites for hydroxylation is 1. The topological polar surface area (TPSA) is 76.0 Å². The van der Waals surface area contributed by atoms with Gasteiger partial charge in [-0.15, -0.1) is 0 Å². The molecule has 1 aliphatic carbocycles. The lowest BCUT2D eigenvalue weighted by Crippen LogP contribution is -2.51. The zero-order chi connectivity index (χ0) is 18.1. The fourth-order valence-electron chi connectivity index (χ4n) is 3.88. The van der Waals surface area contributed by atoms with Gasteiger partial charge in [0.2, 0.25) is 5.91 Å². The number of nitriles is 1. The van der Waals surface area contributed by atoms with Crippen LogP contribution in [0.5, 0.6) is 0 Å². The molecule has 7 heteroatoms. The zero-order valence-corrected chi connectivity index (χ0v) is 15.2. The number of carbonyl (C=O) groups is 1. The highest BCUT2D eigenvalue weighted by atomic mass is 35.5. The molecule has 1 atom stereocenters. The largest absolute Gasteiger partial charge is 0.367 e. The van der Waals surface area contributed by atoms with Gasteiger partial charge in [0.05, 0.1) is 28.5 Å². The third kappa shape index (κ3) is 3.15. The van der Waals surface area contributed by atoms with Crippen LogP contribution in [0.4, 0.5) is 5.69 Å². The Morgan fingerprint density at radius 3 is 2.85 bits per heavy atom. The van der Waals surface area contributed by atoms with Gasteiger partial charge in [-0.05, 0) is 36.6 Å². The van der Waals surface area contributed by atoms with Crippen molar-refractivity contribution in [3.63, 3.8) is 0 Å². The third-order valence-corrected chi connectivity index (χ3v) is 5.68. The number of fused-ring (bicyclic) bond motifs is 1. The standard InChI is InChI=1S/C19H20ClN5O/c20-16-9-13(11-21)1-4-18(16)24-5-7-25(8-6-24)19(26)14-2-3-15-12-22-23-17(15)10-14/h1,4,9,12,14H,2-3,5-8,10H2,(H,22,23). The van der Waals surface area contributed by atoms with Crippen LogP contribution in [0.25, 0.3) is 0 Å². The average molecular weight is 370 g/mol. The van der Waals surface area contributed by atoms with E-state index in [0.717, 1.165) is 43.7 Å². The maximum atomic E-state index is 12.9. The summed E-state index contributed by atoms with van der Waals surface area (Å²) in [7, 11) is 0. The first-order chi connectivity index (χ1) is 12.7. The van der Waals surface area contributed by atoms with Gasteiger partial charge in [0, 0.05) is 44.2 Å². The Hall–Kier alpha value is -2.52. The molecule has 1 aromatic heterocycles. The number of nitrogens with zero attached hydrogens (tertiary/aromatic N) is 4. The molecule has 0 radical (unpaired) electrons. The lowest BCUT2D eigenvalue weighted by Gasteiger charge is -2.38. The van der Waals surface area contributed by atoms with E-state index >= 15 is 0 Å².